The van der Waals surface area contributed by atoms with E-state index >= 15 is 0 Å². The van der Waals surface area contributed by atoms with E-state index in [1.807, 2.05) is 91.1 Å². The first kappa shape index (κ1) is 27.8. The third-order valence-electron chi connectivity index (χ3n) is 7.64. The van der Waals surface area contributed by atoms with Gasteiger partial charge in [-0.2, -0.15) is 0 Å². The Morgan fingerprint density at radius 2 is 1.60 bits per heavy atom. The van der Waals surface area contributed by atoms with Crippen LogP contribution in [0.25, 0.3) is 5.69 Å². The molecule has 0 unspecified atom stereocenters. The van der Waals surface area contributed by atoms with Gasteiger partial charge in [-0.1, -0.05) is 35.4 Å². The molecule has 42 heavy (non-hydrogen) atoms. The Hall–Kier alpha value is -4.33. The Morgan fingerprint density at radius 3 is 2.26 bits per heavy atom. The highest BCUT2D eigenvalue weighted by atomic mass is 35.5. The molecule has 2 atom stereocenters. The summed E-state index contributed by atoms with van der Waals surface area (Å²) in [5.74, 6) is 2.29. The second-order valence-electron chi connectivity index (χ2n) is 10.4. The molecule has 0 amide bonds. The number of hydrogen-bond acceptors (Lipinski definition) is 4. The predicted octanol–water partition coefficient (Wildman–Crippen LogP) is 8.43. The molecule has 1 saturated heterocycles. The van der Waals surface area contributed by atoms with E-state index in [1.54, 1.807) is 7.11 Å². The highest BCUT2D eigenvalue weighted by Crippen LogP contribution is 2.44. The summed E-state index contributed by atoms with van der Waals surface area (Å²) in [6.45, 7) is 6.27. The number of rotatable bonds is 7. The van der Waals surface area contributed by atoms with Gasteiger partial charge in [0, 0.05) is 28.3 Å². The number of nitrogens with zero attached hydrogens (tertiary/aromatic N) is 3. The lowest BCUT2D eigenvalue weighted by atomic mass is 9.96. The summed E-state index contributed by atoms with van der Waals surface area (Å²) in [5.41, 5.74) is 7.19. The lowest BCUT2D eigenvalue weighted by molar-refractivity contribution is 0.412. The number of anilines is 1. The molecular weight excluding hydrogens is 564 g/mol. The number of pyridine rings is 1. The lowest BCUT2D eigenvalue weighted by Gasteiger charge is -2.28. The first-order valence-corrected chi connectivity index (χ1v) is 14.5. The van der Waals surface area contributed by atoms with Crippen molar-refractivity contribution in [3.63, 3.8) is 0 Å². The molecule has 1 fully saturated rings. The first-order chi connectivity index (χ1) is 20.3. The number of thiocarbonyl (C=S) groups is 1. The van der Waals surface area contributed by atoms with Gasteiger partial charge >= 0.3 is 0 Å². The fourth-order valence-electron chi connectivity index (χ4n) is 5.66. The summed E-state index contributed by atoms with van der Waals surface area (Å²) in [6, 6.07) is 29.6. The molecule has 6 nitrogen and oxygen atoms in total. The van der Waals surface area contributed by atoms with E-state index in [4.69, 9.17) is 38.3 Å². The topological polar surface area (TPSA) is 51.5 Å². The normalized spacial score (nSPS) is 16.4. The quantitative estimate of drug-likeness (QED) is 0.191. The Kier molecular flexibility index (Phi) is 7.62. The van der Waals surface area contributed by atoms with Crippen LogP contribution in [0.3, 0.4) is 0 Å². The summed E-state index contributed by atoms with van der Waals surface area (Å²) in [4.78, 5) is 6.88. The molecule has 0 spiro atoms. The van der Waals surface area contributed by atoms with Gasteiger partial charge in [0.15, 0.2) is 5.11 Å². The maximum Gasteiger partial charge on any atom is 0.174 e. The Balaban J connectivity index is 1.43. The Bertz CT molecular complexity index is 1740. The number of benzene rings is 3. The van der Waals surface area contributed by atoms with Gasteiger partial charge in [0.25, 0.3) is 0 Å². The molecule has 0 saturated carbocycles. The second kappa shape index (κ2) is 11.5. The molecular formula is C34H31ClN4O2S. The molecule has 5 aromatic rings. The van der Waals surface area contributed by atoms with E-state index in [2.05, 4.69) is 41.6 Å². The summed E-state index contributed by atoms with van der Waals surface area (Å²) < 4.78 is 14.0. The largest absolute Gasteiger partial charge is 0.495 e. The van der Waals surface area contributed by atoms with Crippen molar-refractivity contribution in [1.29, 1.82) is 0 Å². The number of nitrogens with one attached hydrogen (secondary N) is 1. The molecule has 3 aromatic carbocycles. The molecule has 0 aliphatic carbocycles. The highest BCUT2D eigenvalue weighted by molar-refractivity contribution is 7.80. The van der Waals surface area contributed by atoms with Crippen LogP contribution in [-0.2, 0) is 0 Å². The third kappa shape index (κ3) is 5.22. The molecule has 1 N–H and O–H groups in total. The van der Waals surface area contributed by atoms with Gasteiger partial charge in [-0.05, 0) is 111 Å². The third-order valence-corrected chi connectivity index (χ3v) is 8.19. The zero-order valence-corrected chi connectivity index (χ0v) is 25.4. The lowest BCUT2D eigenvalue weighted by Crippen LogP contribution is -2.29. The van der Waals surface area contributed by atoms with Gasteiger partial charge in [0.05, 0.1) is 30.6 Å². The highest BCUT2D eigenvalue weighted by Gasteiger charge is 2.42. The van der Waals surface area contributed by atoms with Crippen LogP contribution in [0.4, 0.5) is 5.69 Å². The Labute approximate surface area is 256 Å². The molecule has 0 radical (unpaired) electrons. The standard InChI is InChI=1S/C34H31ClN4O2S/c1-21-8-13-26(14-9-21)41-27-15-11-25(12-16-27)39-33(32(37-34(39)42)29-7-5-6-18-36-29)28-19-22(2)38(23(28)3)30-20-24(35)10-17-31(30)40-4/h5-20,32-33H,1-4H3,(H,37,42)/t32-,33+/m1/s1. The molecule has 1 aliphatic rings. The maximum absolute atomic E-state index is 6.44. The van der Waals surface area contributed by atoms with Crippen LogP contribution in [0.15, 0.2) is 97.2 Å². The van der Waals surface area contributed by atoms with E-state index in [9.17, 15) is 0 Å². The predicted molar refractivity (Wildman–Crippen MR) is 172 cm³/mol. The zero-order valence-electron chi connectivity index (χ0n) is 23.8. The van der Waals surface area contributed by atoms with Crippen molar-refractivity contribution in [2.45, 2.75) is 32.9 Å². The molecule has 1 aliphatic heterocycles. The minimum atomic E-state index is -0.169. The number of ether oxygens (including phenoxy) is 2. The summed E-state index contributed by atoms with van der Waals surface area (Å²) in [5, 5.41) is 4.84. The fraction of sp³-hybridized carbons (Fsp3) is 0.176. The molecule has 2 aromatic heterocycles. The second-order valence-corrected chi connectivity index (χ2v) is 11.2. The number of methoxy groups -OCH3 is 1. The average Bonchev–Trinajstić information content (AvgIpc) is 3.49. The van der Waals surface area contributed by atoms with Gasteiger partial charge in [-0.25, -0.2) is 0 Å². The maximum atomic E-state index is 6.44. The number of hydrogen-bond donors (Lipinski definition) is 1. The molecule has 6 rings (SSSR count). The molecule has 3 heterocycles. The van der Waals surface area contributed by atoms with Crippen molar-refractivity contribution < 1.29 is 9.47 Å². The van der Waals surface area contributed by atoms with E-state index in [0.717, 1.165) is 51.3 Å². The van der Waals surface area contributed by atoms with Crippen LogP contribution >= 0.6 is 23.8 Å². The number of aryl methyl sites for hydroxylation is 2. The van der Waals surface area contributed by atoms with Crippen molar-refractivity contribution in [2.24, 2.45) is 0 Å². The van der Waals surface area contributed by atoms with Crippen LogP contribution < -0.4 is 19.7 Å². The zero-order chi connectivity index (χ0) is 29.4. The summed E-state index contributed by atoms with van der Waals surface area (Å²) in [7, 11) is 1.67. The van der Waals surface area contributed by atoms with Gasteiger partial charge in [0.2, 0.25) is 0 Å². The van der Waals surface area contributed by atoms with E-state index in [0.29, 0.717) is 10.1 Å². The fourth-order valence-corrected chi connectivity index (χ4v) is 6.17. The van der Waals surface area contributed by atoms with Gasteiger partial charge in [-0.15, -0.1) is 0 Å². The van der Waals surface area contributed by atoms with E-state index in [-0.39, 0.29) is 12.1 Å². The monoisotopic (exact) mass is 594 g/mol. The van der Waals surface area contributed by atoms with Gasteiger partial charge in [-0.3, -0.25) is 4.98 Å². The Morgan fingerprint density at radius 1 is 0.881 bits per heavy atom. The van der Waals surface area contributed by atoms with E-state index < -0.39 is 0 Å². The molecule has 212 valence electrons. The molecule has 8 heteroatoms. The summed E-state index contributed by atoms with van der Waals surface area (Å²) in [6.07, 6.45) is 1.82. The molecule has 0 bridgehead atoms. The smallest absolute Gasteiger partial charge is 0.174 e. The van der Waals surface area contributed by atoms with Crippen LogP contribution in [0.5, 0.6) is 17.2 Å². The number of aromatic nitrogens is 2. The van der Waals surface area contributed by atoms with Crippen molar-refractivity contribution >= 4 is 34.6 Å². The average molecular weight is 595 g/mol. The van der Waals surface area contributed by atoms with E-state index in [1.165, 1.54) is 5.56 Å². The number of halogens is 1. The van der Waals surface area contributed by atoms with Gasteiger partial charge in [0.1, 0.15) is 17.2 Å². The van der Waals surface area contributed by atoms with Crippen molar-refractivity contribution in [3.05, 3.63) is 130 Å². The van der Waals surface area contributed by atoms with Gasteiger partial charge < -0.3 is 24.3 Å². The van der Waals surface area contributed by atoms with Crippen LogP contribution in [0.2, 0.25) is 5.02 Å². The van der Waals surface area contributed by atoms with Crippen molar-refractivity contribution in [3.8, 4) is 22.9 Å². The summed E-state index contributed by atoms with van der Waals surface area (Å²) >= 11 is 12.4. The SMILES string of the molecule is COc1ccc(Cl)cc1-n1c(C)cc([C@H]2[C@@H](c3ccccn3)NC(=S)N2c2ccc(Oc3ccc(C)cc3)cc2)c1C. The minimum Gasteiger partial charge on any atom is -0.495 e. The van der Waals surface area contributed by atoms with Crippen molar-refractivity contribution in [1.82, 2.24) is 14.9 Å². The van der Waals surface area contributed by atoms with Crippen LogP contribution in [0, 0.1) is 20.8 Å². The van der Waals surface area contributed by atoms with Crippen molar-refractivity contribution in [2.75, 3.05) is 12.0 Å². The minimum absolute atomic E-state index is 0.165. The van der Waals surface area contributed by atoms with Crippen LogP contribution in [-0.4, -0.2) is 21.8 Å². The first-order valence-electron chi connectivity index (χ1n) is 13.7. The van der Waals surface area contributed by atoms with Crippen LogP contribution in [0.1, 0.15) is 40.3 Å².